The number of allylic oxidation sites excluding steroid dienone is 1. The van der Waals surface area contributed by atoms with Gasteiger partial charge in [-0.2, -0.15) is 0 Å². The molecular formula is C17H18ClN5O. The van der Waals surface area contributed by atoms with E-state index in [1.165, 1.54) is 0 Å². The van der Waals surface area contributed by atoms with Crippen LogP contribution in [0.1, 0.15) is 12.5 Å². The zero-order valence-corrected chi connectivity index (χ0v) is 14.1. The molecule has 0 bridgehead atoms. The van der Waals surface area contributed by atoms with E-state index in [9.17, 15) is 4.79 Å². The monoisotopic (exact) mass is 343 g/mol. The summed E-state index contributed by atoms with van der Waals surface area (Å²) in [5, 5.41) is 8.07. The first kappa shape index (κ1) is 16.2. The molecule has 2 aromatic rings. The highest BCUT2D eigenvalue weighted by atomic mass is 35.5. The Labute approximate surface area is 145 Å². The Balaban J connectivity index is 1.63. The van der Waals surface area contributed by atoms with Crippen LogP contribution in [0.5, 0.6) is 0 Å². The molecule has 6 nitrogen and oxygen atoms in total. The van der Waals surface area contributed by atoms with Crippen LogP contribution in [0.15, 0.2) is 54.4 Å². The molecule has 124 valence electrons. The number of amides is 2. The van der Waals surface area contributed by atoms with Crippen molar-refractivity contribution in [1.29, 1.82) is 0 Å². The quantitative estimate of drug-likeness (QED) is 0.680. The molecule has 0 saturated carbocycles. The van der Waals surface area contributed by atoms with Gasteiger partial charge < -0.3 is 16.1 Å². The van der Waals surface area contributed by atoms with Crippen LogP contribution in [0.4, 0.5) is 21.9 Å². The van der Waals surface area contributed by atoms with E-state index < -0.39 is 0 Å². The minimum absolute atomic E-state index is 0.315. The first-order chi connectivity index (χ1) is 11.5. The Morgan fingerprint density at radius 2 is 1.83 bits per heavy atom. The predicted molar refractivity (Wildman–Crippen MR) is 97.8 cm³/mol. The number of hydrogen-bond acceptors (Lipinski definition) is 4. The van der Waals surface area contributed by atoms with E-state index in [-0.39, 0.29) is 6.03 Å². The van der Waals surface area contributed by atoms with Crippen LogP contribution < -0.4 is 26.6 Å². The summed E-state index contributed by atoms with van der Waals surface area (Å²) in [4.78, 5) is 12.1. The van der Waals surface area contributed by atoms with Gasteiger partial charge in [0.1, 0.15) is 0 Å². The van der Waals surface area contributed by atoms with E-state index >= 15 is 0 Å². The molecule has 3 rings (SSSR count). The zero-order valence-electron chi connectivity index (χ0n) is 13.4. The summed E-state index contributed by atoms with van der Waals surface area (Å²) in [5.74, 6) is 0. The summed E-state index contributed by atoms with van der Waals surface area (Å²) in [6.07, 6.45) is 1.94. The Morgan fingerprint density at radius 1 is 1.08 bits per heavy atom. The highest BCUT2D eigenvalue weighted by Gasteiger charge is 2.10. The van der Waals surface area contributed by atoms with Crippen LogP contribution in [0.2, 0.25) is 5.02 Å². The summed E-state index contributed by atoms with van der Waals surface area (Å²) >= 11 is 6.06. The molecule has 7 heteroatoms. The van der Waals surface area contributed by atoms with Gasteiger partial charge in [0.25, 0.3) is 0 Å². The molecule has 24 heavy (non-hydrogen) atoms. The minimum atomic E-state index is -0.315. The van der Waals surface area contributed by atoms with Gasteiger partial charge in [-0.25, -0.2) is 4.79 Å². The van der Waals surface area contributed by atoms with Crippen molar-refractivity contribution in [3.63, 3.8) is 0 Å². The average Bonchev–Trinajstić information content (AvgIpc) is 2.99. The lowest BCUT2D eigenvalue weighted by molar-refractivity contribution is 0.262. The molecule has 0 atom stereocenters. The topological polar surface area (TPSA) is 68.4 Å². The third-order valence-corrected chi connectivity index (χ3v) is 4.02. The van der Waals surface area contributed by atoms with Gasteiger partial charge in [0.15, 0.2) is 0 Å². The molecule has 1 aliphatic rings. The molecule has 0 aliphatic carbocycles. The predicted octanol–water partition coefficient (Wildman–Crippen LogP) is 3.98. The summed E-state index contributed by atoms with van der Waals surface area (Å²) in [5.41, 5.74) is 10.2. The van der Waals surface area contributed by atoms with Gasteiger partial charge in [0, 0.05) is 28.3 Å². The number of rotatable bonds is 3. The number of hydrogen-bond donors (Lipinski definition) is 4. The molecule has 0 radical (unpaired) electrons. The van der Waals surface area contributed by atoms with Crippen molar-refractivity contribution < 1.29 is 4.79 Å². The second kappa shape index (κ2) is 6.82. The fourth-order valence-corrected chi connectivity index (χ4v) is 2.45. The molecule has 1 heterocycles. The van der Waals surface area contributed by atoms with E-state index in [1.807, 2.05) is 55.4 Å². The van der Waals surface area contributed by atoms with Crippen LogP contribution in [0, 0.1) is 6.92 Å². The third-order valence-electron chi connectivity index (χ3n) is 3.62. The molecule has 4 N–H and O–H groups in total. The number of nitrogens with one attached hydrogen (secondary N) is 4. The lowest BCUT2D eigenvalue weighted by Gasteiger charge is -2.16. The summed E-state index contributed by atoms with van der Waals surface area (Å²) in [6.45, 7) is 3.82. The molecule has 2 amide bonds. The molecule has 0 spiro atoms. The second-order valence-electron chi connectivity index (χ2n) is 5.46. The van der Waals surface area contributed by atoms with Gasteiger partial charge in [0.05, 0.1) is 5.69 Å². The largest absolute Gasteiger partial charge is 0.323 e. The van der Waals surface area contributed by atoms with E-state index in [0.29, 0.717) is 16.4 Å². The third kappa shape index (κ3) is 3.61. The first-order valence-electron chi connectivity index (χ1n) is 7.45. The highest BCUT2D eigenvalue weighted by Crippen LogP contribution is 2.23. The van der Waals surface area contributed by atoms with Gasteiger partial charge in [-0.05, 0) is 55.8 Å². The highest BCUT2D eigenvalue weighted by molar-refractivity contribution is 6.31. The van der Waals surface area contributed by atoms with Crippen LogP contribution in [0.3, 0.4) is 0 Å². The maximum Gasteiger partial charge on any atom is 0.323 e. The Morgan fingerprint density at radius 3 is 2.50 bits per heavy atom. The van der Waals surface area contributed by atoms with Crippen molar-refractivity contribution in [2.45, 2.75) is 13.8 Å². The Bertz CT molecular complexity index is 788. The second-order valence-corrected chi connectivity index (χ2v) is 5.86. The van der Waals surface area contributed by atoms with Crippen LogP contribution >= 0.6 is 11.6 Å². The van der Waals surface area contributed by atoms with E-state index in [4.69, 9.17) is 11.6 Å². The van der Waals surface area contributed by atoms with Crippen molar-refractivity contribution in [1.82, 2.24) is 11.0 Å². The summed E-state index contributed by atoms with van der Waals surface area (Å²) in [6, 6.07) is 12.6. The molecule has 0 fully saturated rings. The van der Waals surface area contributed by atoms with Crippen molar-refractivity contribution >= 4 is 34.7 Å². The SMILES string of the molecule is CC1=CN(c2ccc(NC(=O)Nc3cccc(Cl)c3C)cc2)NN1. The number of halogens is 1. The van der Waals surface area contributed by atoms with Crippen molar-refractivity contribution in [3.8, 4) is 0 Å². The van der Waals surface area contributed by atoms with E-state index in [1.54, 1.807) is 12.1 Å². The van der Waals surface area contributed by atoms with Crippen LogP contribution in [-0.4, -0.2) is 6.03 Å². The fourth-order valence-electron chi connectivity index (χ4n) is 2.28. The van der Waals surface area contributed by atoms with E-state index in [2.05, 4.69) is 21.6 Å². The Kier molecular flexibility index (Phi) is 4.59. The first-order valence-corrected chi connectivity index (χ1v) is 7.83. The lowest BCUT2D eigenvalue weighted by atomic mass is 10.2. The maximum atomic E-state index is 12.1. The lowest BCUT2D eigenvalue weighted by Crippen LogP contribution is -2.36. The number of carbonyl (C=O) groups is 1. The number of benzene rings is 2. The number of nitrogens with zero attached hydrogens (tertiary/aromatic N) is 1. The smallest absolute Gasteiger partial charge is 0.308 e. The molecule has 0 aromatic heterocycles. The van der Waals surface area contributed by atoms with Gasteiger partial charge in [-0.3, -0.25) is 5.01 Å². The normalized spacial score (nSPS) is 13.3. The molecule has 0 unspecified atom stereocenters. The number of carbonyl (C=O) groups excluding carboxylic acids is 1. The molecule has 2 aromatic carbocycles. The zero-order chi connectivity index (χ0) is 17.1. The molecule has 0 saturated heterocycles. The molecule has 1 aliphatic heterocycles. The Hall–Kier alpha value is -2.70. The minimum Gasteiger partial charge on any atom is -0.308 e. The number of urea groups is 1. The van der Waals surface area contributed by atoms with Gasteiger partial charge >= 0.3 is 6.03 Å². The standard InChI is InChI=1S/C17H18ClN5O/c1-11-10-23(22-21-11)14-8-6-13(7-9-14)19-17(24)20-16-5-3-4-15(18)12(16)2/h3-10,21-22H,1-2H3,(H2,19,20,24). The summed E-state index contributed by atoms with van der Waals surface area (Å²) in [7, 11) is 0. The van der Waals surface area contributed by atoms with Gasteiger partial charge in [0.2, 0.25) is 0 Å². The summed E-state index contributed by atoms with van der Waals surface area (Å²) < 4.78 is 0. The van der Waals surface area contributed by atoms with Crippen molar-refractivity contribution in [3.05, 3.63) is 64.9 Å². The number of anilines is 3. The number of hydrazine groups is 2. The fraction of sp³-hybridized carbons (Fsp3) is 0.118. The van der Waals surface area contributed by atoms with Gasteiger partial charge in [-0.1, -0.05) is 17.7 Å². The van der Waals surface area contributed by atoms with Gasteiger partial charge in [-0.15, -0.1) is 5.53 Å². The van der Waals surface area contributed by atoms with Crippen LogP contribution in [0.25, 0.3) is 0 Å². The van der Waals surface area contributed by atoms with Crippen LogP contribution in [-0.2, 0) is 0 Å². The molecular weight excluding hydrogens is 326 g/mol. The maximum absolute atomic E-state index is 12.1. The van der Waals surface area contributed by atoms with Crippen molar-refractivity contribution in [2.75, 3.05) is 15.6 Å². The van der Waals surface area contributed by atoms with E-state index in [0.717, 1.165) is 16.9 Å². The average molecular weight is 344 g/mol. The van der Waals surface area contributed by atoms with Crippen molar-refractivity contribution in [2.24, 2.45) is 0 Å².